The number of para-hydroxylation sites is 2. The van der Waals surface area contributed by atoms with Crippen LogP contribution in [0.2, 0.25) is 0 Å². The molecule has 1 aliphatic heterocycles. The Morgan fingerprint density at radius 1 is 0.897 bits per heavy atom. The van der Waals surface area contributed by atoms with E-state index in [0.29, 0.717) is 24.3 Å². The largest absolute Gasteiger partial charge is 0.323 e. The second kappa shape index (κ2) is 7.83. The molecule has 1 aromatic heterocycles. The number of nitrogens with zero attached hydrogens (tertiary/aromatic N) is 2. The lowest BCUT2D eigenvalue weighted by molar-refractivity contribution is 0.101. The summed E-state index contributed by atoms with van der Waals surface area (Å²) in [7, 11) is 0. The minimum Gasteiger partial charge on any atom is -0.323 e. The van der Waals surface area contributed by atoms with Crippen molar-refractivity contribution in [3.05, 3.63) is 77.4 Å². The molecule has 2 amide bonds. The van der Waals surface area contributed by atoms with Crippen LogP contribution in [0, 0.1) is 11.6 Å². The van der Waals surface area contributed by atoms with Gasteiger partial charge in [-0.2, -0.15) is 0 Å². The zero-order valence-corrected chi connectivity index (χ0v) is 15.4. The molecule has 0 bridgehead atoms. The topological polar surface area (TPSA) is 76.0 Å². The van der Waals surface area contributed by atoms with Gasteiger partial charge in [-0.25, -0.2) is 13.8 Å². The van der Waals surface area contributed by atoms with E-state index in [1.807, 2.05) is 6.07 Å². The molecule has 0 radical (unpaired) electrons. The van der Waals surface area contributed by atoms with Crippen molar-refractivity contribution in [1.82, 2.24) is 9.55 Å². The number of hydrogen-bond acceptors (Lipinski definition) is 3. The van der Waals surface area contributed by atoms with Gasteiger partial charge in [0.2, 0.25) is 0 Å². The molecule has 0 unspecified atom stereocenters. The Bertz CT molecular complexity index is 1060. The summed E-state index contributed by atoms with van der Waals surface area (Å²) in [5, 5.41) is 5.00. The maximum atomic E-state index is 13.9. The average molecular weight is 396 g/mol. The summed E-state index contributed by atoms with van der Waals surface area (Å²) in [4.78, 5) is 29.7. The van der Waals surface area contributed by atoms with Crippen LogP contribution in [-0.4, -0.2) is 21.4 Å². The van der Waals surface area contributed by atoms with Crippen molar-refractivity contribution in [2.24, 2.45) is 0 Å². The van der Waals surface area contributed by atoms with E-state index in [4.69, 9.17) is 0 Å². The standard InChI is InChI=1S/C21H18F2N4O2/c22-14-9-6-10-15(23)17(14)26-20(28)18-16-11-4-5-12-27(16)19(25-18)21(29)24-13-7-2-1-3-8-13/h1-3,6-10H,4-5,11-12H2,(H,24,29)(H,26,28). The third kappa shape index (κ3) is 3.73. The van der Waals surface area contributed by atoms with Gasteiger partial charge < -0.3 is 15.2 Å². The lowest BCUT2D eigenvalue weighted by Crippen LogP contribution is -2.21. The van der Waals surface area contributed by atoms with Crippen molar-refractivity contribution in [2.45, 2.75) is 25.8 Å². The summed E-state index contributed by atoms with van der Waals surface area (Å²) in [5.41, 5.74) is 0.657. The van der Waals surface area contributed by atoms with Crippen LogP contribution in [0.15, 0.2) is 48.5 Å². The van der Waals surface area contributed by atoms with Gasteiger partial charge in [-0.05, 0) is 43.5 Å². The Labute approximate surface area is 165 Å². The lowest BCUT2D eigenvalue weighted by atomic mass is 10.1. The number of fused-ring (bicyclic) bond motifs is 1. The third-order valence-corrected chi connectivity index (χ3v) is 4.77. The first-order valence-electron chi connectivity index (χ1n) is 9.26. The van der Waals surface area contributed by atoms with Gasteiger partial charge in [0, 0.05) is 12.2 Å². The van der Waals surface area contributed by atoms with Crippen LogP contribution in [0.1, 0.15) is 39.6 Å². The quantitative estimate of drug-likeness (QED) is 0.700. The van der Waals surface area contributed by atoms with Crippen LogP contribution >= 0.6 is 0 Å². The van der Waals surface area contributed by atoms with E-state index in [1.165, 1.54) is 6.07 Å². The number of imidazole rings is 1. The maximum absolute atomic E-state index is 13.9. The molecule has 29 heavy (non-hydrogen) atoms. The molecule has 0 fully saturated rings. The normalized spacial score (nSPS) is 12.9. The van der Waals surface area contributed by atoms with Crippen LogP contribution in [0.5, 0.6) is 0 Å². The summed E-state index contributed by atoms with van der Waals surface area (Å²) >= 11 is 0. The minimum atomic E-state index is -0.881. The molecule has 1 aliphatic rings. The van der Waals surface area contributed by atoms with E-state index < -0.39 is 29.1 Å². The fraction of sp³-hybridized carbons (Fsp3) is 0.190. The van der Waals surface area contributed by atoms with Gasteiger partial charge in [0.25, 0.3) is 11.8 Å². The van der Waals surface area contributed by atoms with E-state index in [1.54, 1.807) is 28.8 Å². The molecule has 4 rings (SSSR count). The zero-order valence-electron chi connectivity index (χ0n) is 15.4. The average Bonchev–Trinajstić information content (AvgIpc) is 3.11. The molecule has 0 spiro atoms. The predicted octanol–water partition coefficient (Wildman–Crippen LogP) is 4.00. The Morgan fingerprint density at radius 3 is 2.34 bits per heavy atom. The molecule has 0 saturated carbocycles. The molecule has 3 aromatic rings. The van der Waals surface area contributed by atoms with E-state index in [0.717, 1.165) is 25.0 Å². The highest BCUT2D eigenvalue weighted by Crippen LogP contribution is 2.24. The van der Waals surface area contributed by atoms with Gasteiger partial charge in [0.15, 0.2) is 11.5 Å². The van der Waals surface area contributed by atoms with Crippen molar-refractivity contribution < 1.29 is 18.4 Å². The Balaban J connectivity index is 1.66. The lowest BCUT2D eigenvalue weighted by Gasteiger charge is -2.17. The molecule has 0 saturated heterocycles. The number of benzene rings is 2. The number of halogens is 2. The SMILES string of the molecule is O=C(Nc1c(F)cccc1F)c1nc(C(=O)Nc2ccccc2)n2c1CCCC2. The number of anilines is 2. The molecular weight excluding hydrogens is 378 g/mol. The van der Waals surface area contributed by atoms with Crippen LogP contribution < -0.4 is 10.6 Å². The van der Waals surface area contributed by atoms with E-state index in [2.05, 4.69) is 15.6 Å². The Kier molecular flexibility index (Phi) is 5.07. The number of amides is 2. The van der Waals surface area contributed by atoms with Crippen molar-refractivity contribution in [2.75, 3.05) is 10.6 Å². The number of aromatic nitrogens is 2. The van der Waals surface area contributed by atoms with Crippen molar-refractivity contribution in [1.29, 1.82) is 0 Å². The van der Waals surface area contributed by atoms with Gasteiger partial charge in [-0.1, -0.05) is 24.3 Å². The fourth-order valence-corrected chi connectivity index (χ4v) is 3.40. The van der Waals surface area contributed by atoms with Crippen LogP contribution in [0.25, 0.3) is 0 Å². The van der Waals surface area contributed by atoms with Gasteiger partial charge in [0.1, 0.15) is 17.3 Å². The molecule has 6 nitrogen and oxygen atoms in total. The van der Waals surface area contributed by atoms with Crippen LogP contribution in [-0.2, 0) is 13.0 Å². The Morgan fingerprint density at radius 2 is 1.62 bits per heavy atom. The monoisotopic (exact) mass is 396 g/mol. The first-order chi connectivity index (χ1) is 14.0. The van der Waals surface area contributed by atoms with Crippen molar-refractivity contribution in [3.8, 4) is 0 Å². The molecule has 8 heteroatoms. The third-order valence-electron chi connectivity index (χ3n) is 4.77. The molecule has 0 atom stereocenters. The van der Waals surface area contributed by atoms with Crippen LogP contribution in [0.4, 0.5) is 20.2 Å². The maximum Gasteiger partial charge on any atom is 0.291 e. The summed E-state index contributed by atoms with van der Waals surface area (Å²) in [6.45, 7) is 0.543. The second-order valence-corrected chi connectivity index (χ2v) is 6.71. The molecule has 0 aliphatic carbocycles. The number of carbonyl (C=O) groups excluding carboxylic acids is 2. The Hall–Kier alpha value is -3.55. The number of carbonyl (C=O) groups is 2. The minimum absolute atomic E-state index is 0.00515. The first-order valence-corrected chi connectivity index (χ1v) is 9.26. The summed E-state index contributed by atoms with van der Waals surface area (Å²) in [6.07, 6.45) is 2.23. The molecule has 2 heterocycles. The van der Waals surface area contributed by atoms with Gasteiger partial charge in [-0.15, -0.1) is 0 Å². The highest BCUT2D eigenvalue weighted by atomic mass is 19.1. The predicted molar refractivity (Wildman–Crippen MR) is 104 cm³/mol. The van der Waals surface area contributed by atoms with E-state index >= 15 is 0 Å². The highest BCUT2D eigenvalue weighted by Gasteiger charge is 2.28. The first kappa shape index (κ1) is 18.8. The summed E-state index contributed by atoms with van der Waals surface area (Å²) in [6, 6.07) is 12.2. The molecular formula is C21H18F2N4O2. The van der Waals surface area contributed by atoms with Crippen LogP contribution in [0.3, 0.4) is 0 Å². The second-order valence-electron chi connectivity index (χ2n) is 6.71. The number of rotatable bonds is 4. The summed E-state index contributed by atoms with van der Waals surface area (Å²) < 4.78 is 29.5. The van der Waals surface area contributed by atoms with Crippen molar-refractivity contribution >= 4 is 23.2 Å². The van der Waals surface area contributed by atoms with E-state index in [-0.39, 0.29) is 11.5 Å². The van der Waals surface area contributed by atoms with Crippen molar-refractivity contribution in [3.63, 3.8) is 0 Å². The van der Waals surface area contributed by atoms with Gasteiger partial charge in [0.05, 0.1) is 5.69 Å². The number of hydrogen-bond donors (Lipinski definition) is 2. The van der Waals surface area contributed by atoms with E-state index in [9.17, 15) is 18.4 Å². The smallest absolute Gasteiger partial charge is 0.291 e. The molecule has 2 aromatic carbocycles. The zero-order chi connectivity index (χ0) is 20.4. The molecule has 2 N–H and O–H groups in total. The number of nitrogens with one attached hydrogen (secondary N) is 2. The summed E-state index contributed by atoms with van der Waals surface area (Å²) in [5.74, 6) is -2.86. The highest BCUT2D eigenvalue weighted by molar-refractivity contribution is 6.07. The van der Waals surface area contributed by atoms with Gasteiger partial charge >= 0.3 is 0 Å². The fourth-order valence-electron chi connectivity index (χ4n) is 3.40. The van der Waals surface area contributed by atoms with Gasteiger partial charge in [-0.3, -0.25) is 9.59 Å². The molecule has 148 valence electrons.